The fraction of sp³-hybridized carbons (Fsp3) is 0.286. The molecule has 24 heavy (non-hydrogen) atoms. The van der Waals surface area contributed by atoms with Gasteiger partial charge in [0.25, 0.3) is 0 Å². The third-order valence-corrected chi connectivity index (χ3v) is 4.53. The summed E-state index contributed by atoms with van der Waals surface area (Å²) in [5, 5.41) is 1.78. The Bertz CT molecular complexity index is 899. The van der Waals surface area contributed by atoms with Gasteiger partial charge in [0.15, 0.2) is 5.78 Å². The van der Waals surface area contributed by atoms with Gasteiger partial charge in [-0.05, 0) is 32.8 Å². The molecule has 3 rings (SSSR count). The first kappa shape index (κ1) is 16.3. The molecule has 0 fully saturated rings. The maximum absolute atomic E-state index is 13.2. The van der Waals surface area contributed by atoms with Crippen molar-refractivity contribution in [1.82, 2.24) is 0 Å². The number of ketones is 2. The number of Topliss-reactive ketones (excluding diaryl/α,β-unsaturated/α-hetero) is 2. The van der Waals surface area contributed by atoms with Crippen molar-refractivity contribution in [1.29, 1.82) is 0 Å². The molecule has 1 aliphatic rings. The second kappa shape index (κ2) is 6.52. The van der Waals surface area contributed by atoms with E-state index in [-0.39, 0.29) is 11.6 Å². The number of rotatable bonds is 6. The van der Waals surface area contributed by atoms with Gasteiger partial charge in [-0.1, -0.05) is 48.5 Å². The quantitative estimate of drug-likeness (QED) is 0.769. The van der Waals surface area contributed by atoms with Gasteiger partial charge in [-0.15, -0.1) is 0 Å². The summed E-state index contributed by atoms with van der Waals surface area (Å²) in [7, 11) is 0. The lowest BCUT2D eigenvalue weighted by molar-refractivity contribution is -0.117. The van der Waals surface area contributed by atoms with Crippen LogP contribution in [0.2, 0.25) is 0 Å². The summed E-state index contributed by atoms with van der Waals surface area (Å²) in [6.45, 7) is 3.60. The molecule has 0 bridgehead atoms. The van der Waals surface area contributed by atoms with Crippen molar-refractivity contribution in [2.45, 2.75) is 38.6 Å². The molecule has 1 unspecified atom stereocenters. The highest BCUT2D eigenvalue weighted by Crippen LogP contribution is 2.32. The van der Waals surface area contributed by atoms with E-state index in [2.05, 4.69) is 0 Å². The number of hydrogen-bond acceptors (Lipinski definition) is 3. The van der Waals surface area contributed by atoms with Crippen molar-refractivity contribution in [2.24, 2.45) is 4.99 Å². The van der Waals surface area contributed by atoms with E-state index >= 15 is 0 Å². The molecular weight excluding hydrogens is 298 g/mol. The molecule has 1 aliphatic heterocycles. The summed E-state index contributed by atoms with van der Waals surface area (Å²) >= 11 is 0. The van der Waals surface area contributed by atoms with Gasteiger partial charge < -0.3 is 4.79 Å². The summed E-state index contributed by atoms with van der Waals surface area (Å²) in [6, 6.07) is 17.1. The minimum Gasteiger partial charge on any atom is -0.300 e. The van der Waals surface area contributed by atoms with Gasteiger partial charge in [0, 0.05) is 22.8 Å². The Hall–Kier alpha value is -2.55. The highest BCUT2D eigenvalue weighted by atomic mass is 16.1. The fourth-order valence-corrected chi connectivity index (χ4v) is 3.36. The first-order chi connectivity index (χ1) is 11.5. The molecule has 3 nitrogen and oxygen atoms in total. The molecule has 2 aromatic rings. The zero-order chi connectivity index (χ0) is 17.2. The van der Waals surface area contributed by atoms with E-state index in [1.807, 2.05) is 61.5 Å². The zero-order valence-corrected chi connectivity index (χ0v) is 14.1. The van der Waals surface area contributed by atoms with Crippen LogP contribution < -0.4 is 10.6 Å². The van der Waals surface area contributed by atoms with E-state index in [1.54, 1.807) is 6.92 Å². The van der Waals surface area contributed by atoms with Gasteiger partial charge in [0.2, 0.25) is 0 Å². The summed E-state index contributed by atoms with van der Waals surface area (Å²) in [5.41, 5.74) is 0.844. The second-order valence-electron chi connectivity index (χ2n) is 6.53. The molecule has 0 saturated heterocycles. The molecule has 0 aliphatic carbocycles. The maximum atomic E-state index is 13.2. The van der Waals surface area contributed by atoms with E-state index in [9.17, 15) is 9.59 Å². The second-order valence-corrected chi connectivity index (χ2v) is 6.53. The Morgan fingerprint density at radius 3 is 2.38 bits per heavy atom. The lowest BCUT2D eigenvalue weighted by atomic mass is 9.83. The minimum atomic E-state index is -0.577. The van der Waals surface area contributed by atoms with Crippen LogP contribution in [0.5, 0.6) is 0 Å². The molecule has 0 radical (unpaired) electrons. The Morgan fingerprint density at radius 1 is 1.00 bits per heavy atom. The predicted octanol–water partition coefficient (Wildman–Crippen LogP) is 2.87. The molecular formula is C21H21NO2. The normalized spacial score (nSPS) is 18.8. The average molecular weight is 319 g/mol. The first-order valence-corrected chi connectivity index (χ1v) is 8.30. The fourth-order valence-electron chi connectivity index (χ4n) is 3.36. The van der Waals surface area contributed by atoms with Gasteiger partial charge in [-0.3, -0.25) is 9.79 Å². The van der Waals surface area contributed by atoms with E-state index in [1.165, 1.54) is 0 Å². The van der Waals surface area contributed by atoms with Crippen LogP contribution in [0.25, 0.3) is 5.57 Å². The summed E-state index contributed by atoms with van der Waals surface area (Å²) in [5.74, 6) is 0.194. The smallest absolute Gasteiger partial charge is 0.192 e. The monoisotopic (exact) mass is 319 g/mol. The molecule has 0 amide bonds. The van der Waals surface area contributed by atoms with Gasteiger partial charge in [-0.2, -0.15) is 0 Å². The maximum Gasteiger partial charge on any atom is 0.192 e. The van der Waals surface area contributed by atoms with Crippen LogP contribution in [0.15, 0.2) is 59.6 Å². The van der Waals surface area contributed by atoms with Crippen LogP contribution in [-0.2, 0) is 4.79 Å². The standard InChI is InChI=1S/C21H21NO2/c1-15(23)9-8-14-21(2)19(17-12-6-7-13-18(17)22-21)20(24)16-10-4-3-5-11-16/h3-7,10-13H,8-9,14H2,1-2H3. The molecule has 2 aromatic carbocycles. The van der Waals surface area contributed by atoms with Gasteiger partial charge in [0.05, 0.1) is 10.9 Å². The number of hydrogen-bond donors (Lipinski definition) is 0. The van der Waals surface area contributed by atoms with E-state index in [0.717, 1.165) is 22.6 Å². The predicted molar refractivity (Wildman–Crippen MR) is 94.3 cm³/mol. The number of benzene rings is 2. The SMILES string of the molecule is CC(=O)CCCC1(C)N=c2ccccc2=C1C(=O)c1ccccc1. The van der Waals surface area contributed by atoms with Crippen molar-refractivity contribution in [3.05, 3.63) is 70.7 Å². The number of para-hydroxylation sites is 1. The number of carbonyl (C=O) groups is 2. The van der Waals surface area contributed by atoms with Crippen molar-refractivity contribution in [3.8, 4) is 0 Å². The molecule has 1 heterocycles. The lowest BCUT2D eigenvalue weighted by Gasteiger charge is -2.24. The van der Waals surface area contributed by atoms with E-state index in [4.69, 9.17) is 4.99 Å². The summed E-state index contributed by atoms with van der Waals surface area (Å²) in [6.07, 6.45) is 1.94. The highest BCUT2D eigenvalue weighted by molar-refractivity contribution is 6.26. The number of carbonyl (C=O) groups excluding carboxylic acids is 2. The van der Waals surface area contributed by atoms with E-state index < -0.39 is 5.54 Å². The summed E-state index contributed by atoms with van der Waals surface area (Å²) < 4.78 is 0. The molecule has 1 atom stereocenters. The first-order valence-electron chi connectivity index (χ1n) is 8.30. The number of fused-ring (bicyclic) bond motifs is 1. The van der Waals surface area contributed by atoms with Crippen LogP contribution in [0.1, 0.15) is 43.5 Å². The van der Waals surface area contributed by atoms with Crippen LogP contribution in [0.4, 0.5) is 0 Å². The third-order valence-electron chi connectivity index (χ3n) is 4.53. The topological polar surface area (TPSA) is 46.5 Å². The van der Waals surface area contributed by atoms with E-state index in [0.29, 0.717) is 18.4 Å². The highest BCUT2D eigenvalue weighted by Gasteiger charge is 2.36. The van der Waals surface area contributed by atoms with Crippen LogP contribution in [-0.4, -0.2) is 17.1 Å². The van der Waals surface area contributed by atoms with Crippen LogP contribution >= 0.6 is 0 Å². The molecule has 3 heteroatoms. The van der Waals surface area contributed by atoms with Gasteiger partial charge >= 0.3 is 0 Å². The van der Waals surface area contributed by atoms with Gasteiger partial charge in [-0.25, -0.2) is 0 Å². The largest absolute Gasteiger partial charge is 0.300 e. The van der Waals surface area contributed by atoms with Crippen molar-refractivity contribution < 1.29 is 9.59 Å². The van der Waals surface area contributed by atoms with Crippen LogP contribution in [0, 0.1) is 0 Å². The Balaban J connectivity index is 2.06. The Morgan fingerprint density at radius 2 is 1.67 bits per heavy atom. The van der Waals surface area contributed by atoms with Crippen molar-refractivity contribution >= 4 is 17.1 Å². The Kier molecular flexibility index (Phi) is 4.43. The summed E-state index contributed by atoms with van der Waals surface area (Å²) in [4.78, 5) is 29.3. The van der Waals surface area contributed by atoms with Crippen LogP contribution in [0.3, 0.4) is 0 Å². The third kappa shape index (κ3) is 3.07. The Labute approximate surface area is 141 Å². The minimum absolute atomic E-state index is 0.0228. The van der Waals surface area contributed by atoms with Gasteiger partial charge in [0.1, 0.15) is 5.78 Å². The molecule has 0 spiro atoms. The zero-order valence-electron chi connectivity index (χ0n) is 14.1. The van der Waals surface area contributed by atoms with Crippen molar-refractivity contribution in [3.63, 3.8) is 0 Å². The molecule has 122 valence electrons. The average Bonchev–Trinajstić information content (AvgIpc) is 2.86. The van der Waals surface area contributed by atoms with Crippen molar-refractivity contribution in [2.75, 3.05) is 0 Å². The lowest BCUT2D eigenvalue weighted by Crippen LogP contribution is -2.30. The molecule has 0 aromatic heterocycles. The molecule has 0 N–H and O–H groups in total. The number of nitrogens with zero attached hydrogens (tertiary/aromatic N) is 1. The molecule has 0 saturated carbocycles.